The zero-order chi connectivity index (χ0) is 12.0. The molecule has 1 aliphatic carbocycles. The van der Waals surface area contributed by atoms with Crippen LogP contribution in [-0.4, -0.2) is 16.3 Å². The third-order valence-electron chi connectivity index (χ3n) is 4.26. The lowest BCUT2D eigenvalue weighted by Gasteiger charge is -2.36. The second-order valence-electron chi connectivity index (χ2n) is 5.44. The van der Waals surface area contributed by atoms with Crippen molar-refractivity contribution in [3.05, 3.63) is 35.1 Å². The molecule has 0 radical (unpaired) electrons. The number of hydrogen-bond donors (Lipinski definition) is 1. The molecule has 1 fully saturated rings. The van der Waals surface area contributed by atoms with Crippen molar-refractivity contribution in [2.45, 2.75) is 44.7 Å². The zero-order valence-corrected chi connectivity index (χ0v) is 10.1. The number of fused-ring (bicyclic) bond motifs is 1. The molecule has 17 heavy (non-hydrogen) atoms. The van der Waals surface area contributed by atoms with E-state index in [-0.39, 0.29) is 11.4 Å². The van der Waals surface area contributed by atoms with Crippen LogP contribution in [0.15, 0.2) is 18.2 Å². The normalized spacial score (nSPS) is 22.0. The number of halogens is 1. The molecule has 2 aliphatic rings. The number of nitrogens with zero attached hydrogens (tertiary/aromatic N) is 1. The van der Waals surface area contributed by atoms with E-state index in [0.717, 1.165) is 30.5 Å². The van der Waals surface area contributed by atoms with Crippen LogP contribution in [0.2, 0.25) is 0 Å². The van der Waals surface area contributed by atoms with E-state index in [0.29, 0.717) is 5.84 Å². The molecular formula is C14H17FN2. The van der Waals surface area contributed by atoms with Crippen molar-refractivity contribution < 1.29 is 4.39 Å². The van der Waals surface area contributed by atoms with E-state index in [9.17, 15) is 4.39 Å². The highest BCUT2D eigenvalue weighted by Gasteiger charge is 2.40. The van der Waals surface area contributed by atoms with Crippen LogP contribution >= 0.6 is 0 Å². The smallest absolute Gasteiger partial charge is 0.129 e. The van der Waals surface area contributed by atoms with E-state index >= 15 is 0 Å². The van der Waals surface area contributed by atoms with Gasteiger partial charge < -0.3 is 4.90 Å². The summed E-state index contributed by atoms with van der Waals surface area (Å²) in [5, 5.41) is 8.23. The van der Waals surface area contributed by atoms with E-state index < -0.39 is 0 Å². The number of benzene rings is 1. The molecular weight excluding hydrogens is 215 g/mol. The van der Waals surface area contributed by atoms with Crippen molar-refractivity contribution in [3.63, 3.8) is 0 Å². The van der Waals surface area contributed by atoms with Crippen LogP contribution in [0.4, 0.5) is 4.39 Å². The fourth-order valence-electron chi connectivity index (χ4n) is 3.17. The van der Waals surface area contributed by atoms with Crippen LogP contribution < -0.4 is 0 Å². The van der Waals surface area contributed by atoms with Crippen LogP contribution in [0.1, 0.15) is 43.7 Å². The number of hydrogen-bond acceptors (Lipinski definition) is 1. The molecule has 2 nitrogen and oxygen atoms in total. The summed E-state index contributed by atoms with van der Waals surface area (Å²) in [6.45, 7) is 3.00. The van der Waals surface area contributed by atoms with Gasteiger partial charge in [0.2, 0.25) is 0 Å². The average Bonchev–Trinajstić information content (AvgIpc) is 2.86. The van der Waals surface area contributed by atoms with Crippen molar-refractivity contribution >= 4 is 5.84 Å². The van der Waals surface area contributed by atoms with Crippen molar-refractivity contribution in [3.8, 4) is 0 Å². The van der Waals surface area contributed by atoms with Gasteiger partial charge in [-0.15, -0.1) is 0 Å². The molecule has 3 rings (SSSR count). The quantitative estimate of drug-likeness (QED) is 0.790. The number of nitrogens with one attached hydrogen (secondary N) is 1. The predicted octanol–water partition coefficient (Wildman–Crippen LogP) is 3.30. The Hall–Kier alpha value is -1.38. The third kappa shape index (κ3) is 1.56. The Labute approximate surface area is 101 Å². The minimum absolute atomic E-state index is 0.104. The fraction of sp³-hybridized carbons (Fsp3) is 0.500. The van der Waals surface area contributed by atoms with Crippen LogP contribution in [0.5, 0.6) is 0 Å². The van der Waals surface area contributed by atoms with Gasteiger partial charge in [0.25, 0.3) is 0 Å². The molecule has 90 valence electrons. The maximum atomic E-state index is 13.2. The summed E-state index contributed by atoms with van der Waals surface area (Å²) in [7, 11) is 0. The standard InChI is InChI=1S/C14H17FN2/c1-14(6-2-3-7-14)17-9-10-4-5-11(15)8-12(10)13(17)16/h4-5,8,16H,2-3,6-7,9H2,1H3. The average molecular weight is 232 g/mol. The highest BCUT2D eigenvalue weighted by atomic mass is 19.1. The second kappa shape index (κ2) is 3.56. The van der Waals surface area contributed by atoms with Crippen molar-refractivity contribution in [2.24, 2.45) is 0 Å². The lowest BCUT2D eigenvalue weighted by atomic mass is 9.98. The minimum Gasteiger partial charge on any atom is -0.347 e. The molecule has 1 aliphatic heterocycles. The van der Waals surface area contributed by atoms with Gasteiger partial charge in [0.1, 0.15) is 11.7 Å². The van der Waals surface area contributed by atoms with Gasteiger partial charge in [-0.2, -0.15) is 0 Å². The third-order valence-corrected chi connectivity index (χ3v) is 4.26. The van der Waals surface area contributed by atoms with E-state index in [1.165, 1.54) is 25.0 Å². The molecule has 0 amide bonds. The first-order valence-corrected chi connectivity index (χ1v) is 6.25. The predicted molar refractivity (Wildman–Crippen MR) is 65.6 cm³/mol. The highest BCUT2D eigenvalue weighted by Crippen LogP contribution is 2.39. The largest absolute Gasteiger partial charge is 0.347 e. The summed E-state index contributed by atoms with van der Waals surface area (Å²) < 4.78 is 13.2. The molecule has 3 heteroatoms. The van der Waals surface area contributed by atoms with Gasteiger partial charge in [-0.25, -0.2) is 4.39 Å². The molecule has 1 heterocycles. The maximum absolute atomic E-state index is 13.2. The van der Waals surface area contributed by atoms with E-state index in [4.69, 9.17) is 5.41 Å². The van der Waals surface area contributed by atoms with Crippen LogP contribution in [0.25, 0.3) is 0 Å². The van der Waals surface area contributed by atoms with Gasteiger partial charge in [0.15, 0.2) is 0 Å². The lowest BCUT2D eigenvalue weighted by molar-refractivity contribution is 0.199. The van der Waals surface area contributed by atoms with Gasteiger partial charge in [0.05, 0.1) is 0 Å². The molecule has 1 aromatic carbocycles. The van der Waals surface area contributed by atoms with Gasteiger partial charge >= 0.3 is 0 Å². The first-order chi connectivity index (χ1) is 8.10. The summed E-state index contributed by atoms with van der Waals surface area (Å²) in [4.78, 5) is 2.16. The van der Waals surface area contributed by atoms with Gasteiger partial charge in [0, 0.05) is 17.6 Å². The molecule has 1 saturated carbocycles. The Balaban J connectivity index is 1.96. The first-order valence-electron chi connectivity index (χ1n) is 6.25. The highest BCUT2D eigenvalue weighted by molar-refractivity contribution is 6.00. The van der Waals surface area contributed by atoms with Crippen LogP contribution in [0, 0.1) is 11.2 Å². The summed E-state index contributed by atoms with van der Waals surface area (Å²) in [5.41, 5.74) is 1.97. The zero-order valence-electron chi connectivity index (χ0n) is 10.1. The summed E-state index contributed by atoms with van der Waals surface area (Å²) in [5.74, 6) is 0.260. The first kappa shape index (κ1) is 10.8. The topological polar surface area (TPSA) is 27.1 Å². The van der Waals surface area contributed by atoms with Gasteiger partial charge in [-0.1, -0.05) is 18.9 Å². The summed E-state index contributed by atoms with van der Waals surface area (Å²) >= 11 is 0. The summed E-state index contributed by atoms with van der Waals surface area (Å²) in [6.07, 6.45) is 4.77. The molecule has 0 bridgehead atoms. The minimum atomic E-state index is -0.244. The van der Waals surface area contributed by atoms with E-state index in [1.807, 2.05) is 6.07 Å². The molecule has 1 N–H and O–H groups in total. The Kier molecular flexibility index (Phi) is 2.25. The molecule has 0 unspecified atom stereocenters. The number of rotatable bonds is 1. The monoisotopic (exact) mass is 232 g/mol. The Morgan fingerprint density at radius 1 is 1.29 bits per heavy atom. The maximum Gasteiger partial charge on any atom is 0.129 e. The Morgan fingerprint density at radius 3 is 2.71 bits per heavy atom. The van der Waals surface area contributed by atoms with Crippen molar-refractivity contribution in [2.75, 3.05) is 0 Å². The second-order valence-corrected chi connectivity index (χ2v) is 5.44. The number of amidine groups is 1. The fourth-order valence-corrected chi connectivity index (χ4v) is 3.17. The SMILES string of the molecule is CC1(N2Cc3ccc(F)cc3C2=N)CCCC1. The van der Waals surface area contributed by atoms with Crippen LogP contribution in [0.3, 0.4) is 0 Å². The molecule has 0 spiro atoms. The lowest BCUT2D eigenvalue weighted by Crippen LogP contribution is -2.44. The molecule has 0 aromatic heterocycles. The Bertz CT molecular complexity index is 475. The Morgan fingerprint density at radius 2 is 2.00 bits per heavy atom. The molecule has 1 aromatic rings. The van der Waals surface area contributed by atoms with Gasteiger partial charge in [-0.3, -0.25) is 5.41 Å². The van der Waals surface area contributed by atoms with Gasteiger partial charge in [-0.05, 0) is 37.5 Å². The van der Waals surface area contributed by atoms with E-state index in [1.54, 1.807) is 0 Å². The molecule has 0 saturated heterocycles. The summed E-state index contributed by atoms with van der Waals surface area (Å²) in [6, 6.07) is 4.81. The van der Waals surface area contributed by atoms with Crippen molar-refractivity contribution in [1.82, 2.24) is 4.90 Å². The van der Waals surface area contributed by atoms with Crippen LogP contribution in [-0.2, 0) is 6.54 Å². The van der Waals surface area contributed by atoms with Crippen molar-refractivity contribution in [1.29, 1.82) is 5.41 Å². The molecule has 0 atom stereocenters. The van der Waals surface area contributed by atoms with E-state index in [2.05, 4.69) is 11.8 Å².